The van der Waals surface area contributed by atoms with Gasteiger partial charge in [0.1, 0.15) is 24.7 Å². The van der Waals surface area contributed by atoms with Crippen LogP contribution in [0, 0.1) is 0 Å². The molecule has 2 N–H and O–H groups in total. The van der Waals surface area contributed by atoms with Gasteiger partial charge in [-0.15, -0.1) is 0 Å². The molecule has 0 bridgehead atoms. The van der Waals surface area contributed by atoms with Crippen LogP contribution < -0.4 is 15.2 Å². The molecule has 2 aromatic rings. The Balaban J connectivity index is 1.84. The third-order valence-corrected chi connectivity index (χ3v) is 3.14. The Hall–Kier alpha value is -2.00. The summed E-state index contributed by atoms with van der Waals surface area (Å²) in [5.74, 6) is 1.77. The van der Waals surface area contributed by atoms with Crippen LogP contribution in [0.15, 0.2) is 48.5 Å². The lowest BCUT2D eigenvalue weighted by atomic mass is 10.1. The minimum Gasteiger partial charge on any atom is -0.490 e. The Morgan fingerprint density at radius 2 is 1.30 bits per heavy atom. The molecule has 0 unspecified atom stereocenters. The summed E-state index contributed by atoms with van der Waals surface area (Å²) in [6, 6.07) is 15.9. The maximum atomic E-state index is 5.77. The molecule has 0 spiro atoms. The minimum atomic E-state index is 0.482. The van der Waals surface area contributed by atoms with Gasteiger partial charge in [-0.2, -0.15) is 0 Å². The first-order chi connectivity index (χ1) is 9.85. The van der Waals surface area contributed by atoms with Crippen molar-refractivity contribution in [3.05, 3.63) is 59.7 Å². The molecule has 2 aromatic carbocycles. The van der Waals surface area contributed by atoms with E-state index in [1.807, 2.05) is 42.5 Å². The standard InChI is InChI=1S/C17H21NO2/c1-2-14-7-3-5-9-16(14)19-11-12-20-17-10-6-4-8-15(17)13-18/h3-10H,2,11-13,18H2,1H3. The van der Waals surface area contributed by atoms with E-state index in [2.05, 4.69) is 13.0 Å². The van der Waals surface area contributed by atoms with Crippen LogP contribution in [0.3, 0.4) is 0 Å². The molecule has 0 radical (unpaired) electrons. The molecule has 2 rings (SSSR count). The van der Waals surface area contributed by atoms with Crippen molar-refractivity contribution in [1.82, 2.24) is 0 Å². The van der Waals surface area contributed by atoms with Gasteiger partial charge in [0, 0.05) is 12.1 Å². The first kappa shape index (κ1) is 14.4. The fourth-order valence-electron chi connectivity index (χ4n) is 2.05. The zero-order valence-corrected chi connectivity index (χ0v) is 11.8. The average molecular weight is 271 g/mol. The normalized spacial score (nSPS) is 10.3. The Kier molecular flexibility index (Phi) is 5.44. The summed E-state index contributed by atoms with van der Waals surface area (Å²) < 4.78 is 11.5. The van der Waals surface area contributed by atoms with Crippen LogP contribution in [0.1, 0.15) is 18.1 Å². The molecular formula is C17H21NO2. The van der Waals surface area contributed by atoms with E-state index in [1.165, 1.54) is 5.56 Å². The molecule has 0 saturated carbocycles. The first-order valence-electron chi connectivity index (χ1n) is 6.96. The summed E-state index contributed by atoms with van der Waals surface area (Å²) in [6.45, 7) is 3.64. The largest absolute Gasteiger partial charge is 0.490 e. The van der Waals surface area contributed by atoms with Crippen LogP contribution in [-0.4, -0.2) is 13.2 Å². The molecule has 0 aromatic heterocycles. The van der Waals surface area contributed by atoms with Crippen LogP contribution in [-0.2, 0) is 13.0 Å². The van der Waals surface area contributed by atoms with Crippen LogP contribution in [0.2, 0.25) is 0 Å². The number of benzene rings is 2. The van der Waals surface area contributed by atoms with Gasteiger partial charge in [0.05, 0.1) is 0 Å². The smallest absolute Gasteiger partial charge is 0.123 e. The molecule has 0 aliphatic heterocycles. The van der Waals surface area contributed by atoms with Crippen molar-refractivity contribution in [3.8, 4) is 11.5 Å². The van der Waals surface area contributed by atoms with Gasteiger partial charge < -0.3 is 15.2 Å². The van der Waals surface area contributed by atoms with E-state index in [9.17, 15) is 0 Å². The lowest BCUT2D eigenvalue weighted by Gasteiger charge is -2.12. The van der Waals surface area contributed by atoms with Gasteiger partial charge in [-0.1, -0.05) is 43.3 Å². The summed E-state index contributed by atoms with van der Waals surface area (Å²) in [7, 11) is 0. The van der Waals surface area contributed by atoms with Crippen LogP contribution in [0.4, 0.5) is 0 Å². The van der Waals surface area contributed by atoms with Crippen molar-refractivity contribution in [2.75, 3.05) is 13.2 Å². The fourth-order valence-corrected chi connectivity index (χ4v) is 2.05. The maximum absolute atomic E-state index is 5.77. The Morgan fingerprint density at radius 1 is 0.800 bits per heavy atom. The predicted octanol–water partition coefficient (Wildman–Crippen LogP) is 3.17. The summed E-state index contributed by atoms with van der Waals surface area (Å²) in [5.41, 5.74) is 7.91. The third-order valence-electron chi connectivity index (χ3n) is 3.14. The van der Waals surface area contributed by atoms with Gasteiger partial charge in [0.15, 0.2) is 0 Å². The maximum Gasteiger partial charge on any atom is 0.123 e. The topological polar surface area (TPSA) is 44.5 Å². The summed E-state index contributed by atoms with van der Waals surface area (Å²) >= 11 is 0. The van der Waals surface area contributed by atoms with Gasteiger partial charge in [-0.25, -0.2) is 0 Å². The van der Waals surface area contributed by atoms with E-state index in [1.54, 1.807) is 0 Å². The van der Waals surface area contributed by atoms with Crippen molar-refractivity contribution in [2.45, 2.75) is 19.9 Å². The summed E-state index contributed by atoms with van der Waals surface area (Å²) in [4.78, 5) is 0. The quantitative estimate of drug-likeness (QED) is 0.787. The predicted molar refractivity (Wildman–Crippen MR) is 81.1 cm³/mol. The SMILES string of the molecule is CCc1ccccc1OCCOc1ccccc1CN. The highest BCUT2D eigenvalue weighted by atomic mass is 16.5. The lowest BCUT2D eigenvalue weighted by molar-refractivity contribution is 0.215. The van der Waals surface area contributed by atoms with Crippen LogP contribution in [0.25, 0.3) is 0 Å². The fraction of sp³-hybridized carbons (Fsp3) is 0.294. The molecule has 0 heterocycles. The monoisotopic (exact) mass is 271 g/mol. The molecule has 0 fully saturated rings. The Bertz CT molecular complexity index is 491. The second-order valence-electron chi connectivity index (χ2n) is 4.47. The molecule has 0 amide bonds. The van der Waals surface area contributed by atoms with E-state index in [-0.39, 0.29) is 0 Å². The number of para-hydroxylation sites is 2. The molecule has 0 atom stereocenters. The van der Waals surface area contributed by atoms with E-state index < -0.39 is 0 Å². The molecular weight excluding hydrogens is 250 g/mol. The van der Waals surface area contributed by atoms with Crippen LogP contribution in [0.5, 0.6) is 11.5 Å². The number of aryl methyl sites for hydroxylation is 1. The first-order valence-corrected chi connectivity index (χ1v) is 6.96. The van der Waals surface area contributed by atoms with Crippen molar-refractivity contribution in [2.24, 2.45) is 5.73 Å². The molecule has 3 heteroatoms. The summed E-state index contributed by atoms with van der Waals surface area (Å²) in [6.07, 6.45) is 0.965. The molecule has 0 saturated heterocycles. The third kappa shape index (κ3) is 3.75. The zero-order chi connectivity index (χ0) is 14.2. The highest BCUT2D eigenvalue weighted by molar-refractivity contribution is 5.34. The number of ether oxygens (including phenoxy) is 2. The zero-order valence-electron chi connectivity index (χ0n) is 11.8. The van der Waals surface area contributed by atoms with E-state index in [0.717, 1.165) is 23.5 Å². The van der Waals surface area contributed by atoms with Gasteiger partial charge in [-0.3, -0.25) is 0 Å². The second-order valence-corrected chi connectivity index (χ2v) is 4.47. The van der Waals surface area contributed by atoms with Gasteiger partial charge in [0.25, 0.3) is 0 Å². The molecule has 3 nitrogen and oxygen atoms in total. The molecule has 0 aliphatic rings. The Morgan fingerprint density at radius 3 is 1.85 bits per heavy atom. The summed E-state index contributed by atoms with van der Waals surface area (Å²) in [5, 5.41) is 0. The van der Waals surface area contributed by atoms with E-state index in [4.69, 9.17) is 15.2 Å². The van der Waals surface area contributed by atoms with Crippen molar-refractivity contribution in [1.29, 1.82) is 0 Å². The second kappa shape index (κ2) is 7.56. The number of hydrogen-bond donors (Lipinski definition) is 1. The minimum absolute atomic E-state index is 0.482. The highest BCUT2D eigenvalue weighted by Crippen LogP contribution is 2.19. The van der Waals surface area contributed by atoms with Crippen molar-refractivity contribution in [3.63, 3.8) is 0 Å². The van der Waals surface area contributed by atoms with E-state index in [0.29, 0.717) is 19.8 Å². The molecule has 106 valence electrons. The highest BCUT2D eigenvalue weighted by Gasteiger charge is 2.02. The average Bonchev–Trinajstić information content (AvgIpc) is 2.52. The number of nitrogens with two attached hydrogens (primary N) is 1. The van der Waals surface area contributed by atoms with Gasteiger partial charge in [-0.05, 0) is 24.1 Å². The molecule has 0 aliphatic carbocycles. The lowest BCUT2D eigenvalue weighted by Crippen LogP contribution is -2.11. The van der Waals surface area contributed by atoms with Crippen LogP contribution >= 0.6 is 0 Å². The molecule has 20 heavy (non-hydrogen) atoms. The van der Waals surface area contributed by atoms with E-state index >= 15 is 0 Å². The number of rotatable bonds is 7. The van der Waals surface area contributed by atoms with Crippen molar-refractivity contribution < 1.29 is 9.47 Å². The van der Waals surface area contributed by atoms with Gasteiger partial charge in [0.2, 0.25) is 0 Å². The number of hydrogen-bond acceptors (Lipinski definition) is 3. The Labute approximate surface area is 120 Å². The van der Waals surface area contributed by atoms with Crippen molar-refractivity contribution >= 4 is 0 Å². The van der Waals surface area contributed by atoms with Gasteiger partial charge >= 0.3 is 0 Å².